The molecule has 0 heterocycles. The minimum Gasteiger partial charge on any atom is -0.325 e. The Morgan fingerprint density at radius 2 is 1.50 bits per heavy atom. The number of carbonyl (C=O) groups is 3. The van der Waals surface area contributed by atoms with Gasteiger partial charge >= 0.3 is 0 Å². The second-order valence-electron chi connectivity index (χ2n) is 10.5. The van der Waals surface area contributed by atoms with Crippen LogP contribution >= 0.6 is 23.4 Å². The Morgan fingerprint density at radius 3 is 2.23 bits per heavy atom. The summed E-state index contributed by atoms with van der Waals surface area (Å²) in [6.07, 6.45) is 1.26. The predicted octanol–water partition coefficient (Wildman–Crippen LogP) is 8.44. The molecule has 0 aliphatic carbocycles. The topological polar surface area (TPSA) is 130 Å². The molecule has 48 heavy (non-hydrogen) atoms. The molecule has 0 aliphatic heterocycles. The summed E-state index contributed by atoms with van der Waals surface area (Å²) in [5.41, 5.74) is 2.62. The molecule has 0 saturated carbocycles. The van der Waals surface area contributed by atoms with Crippen LogP contribution < -0.4 is 16.0 Å². The highest BCUT2D eigenvalue weighted by molar-refractivity contribution is 8.00. The molecule has 5 rings (SSSR count). The first-order valence-corrected chi connectivity index (χ1v) is 16.0. The van der Waals surface area contributed by atoms with E-state index in [2.05, 4.69) is 16.0 Å². The van der Waals surface area contributed by atoms with Crippen molar-refractivity contribution in [3.8, 4) is 0 Å². The van der Waals surface area contributed by atoms with E-state index >= 15 is 0 Å². The van der Waals surface area contributed by atoms with Crippen LogP contribution in [0.15, 0.2) is 138 Å². The van der Waals surface area contributed by atoms with Gasteiger partial charge in [0, 0.05) is 32.9 Å². The van der Waals surface area contributed by atoms with Crippen molar-refractivity contribution < 1.29 is 19.3 Å². The van der Waals surface area contributed by atoms with Gasteiger partial charge in [0.25, 0.3) is 17.5 Å². The van der Waals surface area contributed by atoms with Crippen LogP contribution in [0.3, 0.4) is 0 Å². The van der Waals surface area contributed by atoms with E-state index in [-0.39, 0.29) is 22.9 Å². The molecule has 5 aromatic rings. The van der Waals surface area contributed by atoms with Crippen molar-refractivity contribution in [2.75, 3.05) is 10.6 Å². The lowest BCUT2D eigenvalue weighted by molar-refractivity contribution is -0.385. The quantitative estimate of drug-likeness (QED) is 0.0557. The van der Waals surface area contributed by atoms with Crippen LogP contribution in [-0.2, 0) is 9.59 Å². The first kappa shape index (κ1) is 33.6. The van der Waals surface area contributed by atoms with Gasteiger partial charge in [-0.1, -0.05) is 84.4 Å². The van der Waals surface area contributed by atoms with Crippen molar-refractivity contribution in [3.05, 3.63) is 170 Å². The average Bonchev–Trinajstić information content (AvgIpc) is 3.09. The SMILES string of the molecule is Cc1ccc(Cl)cc1NC(=O)C(Sc1cccc(NC(=O)/C(=C\c2ccccc2[N+](=O)[O-])NC(=O)c2ccccc2)c1)c1ccccc1. The van der Waals surface area contributed by atoms with E-state index < -0.39 is 22.0 Å². The summed E-state index contributed by atoms with van der Waals surface area (Å²) in [5, 5.41) is 19.9. The number of nitro groups is 1. The van der Waals surface area contributed by atoms with Crippen LogP contribution in [-0.4, -0.2) is 22.6 Å². The number of carbonyl (C=O) groups excluding carboxylic acids is 3. The first-order valence-electron chi connectivity index (χ1n) is 14.7. The van der Waals surface area contributed by atoms with Crippen LogP contribution in [0.25, 0.3) is 6.08 Å². The number of thioether (sulfide) groups is 1. The number of nitrogens with zero attached hydrogens (tertiary/aromatic N) is 1. The number of hydrogen-bond donors (Lipinski definition) is 3. The Kier molecular flexibility index (Phi) is 11.0. The Morgan fingerprint density at radius 1 is 0.812 bits per heavy atom. The van der Waals surface area contributed by atoms with Crippen molar-refractivity contribution in [3.63, 3.8) is 0 Å². The standard InChI is InChI=1S/C37H29ClN4O5S/c1-24-19-20-28(38)22-31(24)40-37(45)34(25-11-4-2-5-12-25)48-30-17-10-16-29(23-30)39-36(44)32(41-35(43)26-13-6-3-7-14-26)21-27-15-8-9-18-33(27)42(46)47/h2-23,34H,1H3,(H,39,44)(H,40,45)(H,41,43)/b32-21+. The zero-order chi connectivity index (χ0) is 34.0. The molecule has 240 valence electrons. The number of nitrogens with one attached hydrogen (secondary N) is 3. The number of rotatable bonds is 11. The third-order valence-corrected chi connectivity index (χ3v) is 8.59. The van der Waals surface area contributed by atoms with E-state index in [0.717, 1.165) is 11.1 Å². The lowest BCUT2D eigenvalue weighted by Crippen LogP contribution is -2.30. The average molecular weight is 677 g/mol. The fraction of sp³-hybridized carbons (Fsp3) is 0.0541. The summed E-state index contributed by atoms with van der Waals surface area (Å²) in [4.78, 5) is 52.1. The van der Waals surface area contributed by atoms with Crippen LogP contribution in [0.4, 0.5) is 17.1 Å². The molecule has 5 aromatic carbocycles. The van der Waals surface area contributed by atoms with Crippen molar-refractivity contribution >= 4 is 64.2 Å². The van der Waals surface area contributed by atoms with Crippen molar-refractivity contribution in [2.24, 2.45) is 0 Å². The van der Waals surface area contributed by atoms with Crippen molar-refractivity contribution in [2.45, 2.75) is 17.1 Å². The normalized spacial score (nSPS) is 11.7. The van der Waals surface area contributed by atoms with Gasteiger partial charge in [0.1, 0.15) is 10.9 Å². The zero-order valence-electron chi connectivity index (χ0n) is 25.6. The summed E-state index contributed by atoms with van der Waals surface area (Å²) >= 11 is 7.47. The number of benzene rings is 5. The molecule has 0 aliphatic rings. The molecule has 11 heteroatoms. The molecule has 1 unspecified atom stereocenters. The van der Waals surface area contributed by atoms with E-state index in [1.165, 1.54) is 36.0 Å². The number of aryl methyl sites for hydroxylation is 1. The summed E-state index contributed by atoms with van der Waals surface area (Å²) in [5.74, 6) is -1.52. The highest BCUT2D eigenvalue weighted by atomic mass is 35.5. The van der Waals surface area contributed by atoms with Gasteiger partial charge in [0.05, 0.1) is 10.5 Å². The monoisotopic (exact) mass is 676 g/mol. The van der Waals surface area contributed by atoms with Gasteiger partial charge in [-0.25, -0.2) is 0 Å². The summed E-state index contributed by atoms with van der Waals surface area (Å²) in [7, 11) is 0. The van der Waals surface area contributed by atoms with Gasteiger partial charge in [0.15, 0.2) is 0 Å². The van der Waals surface area contributed by atoms with Gasteiger partial charge in [-0.3, -0.25) is 24.5 Å². The molecule has 0 saturated heterocycles. The highest BCUT2D eigenvalue weighted by Gasteiger charge is 2.24. The van der Waals surface area contributed by atoms with E-state index in [0.29, 0.717) is 26.9 Å². The largest absolute Gasteiger partial charge is 0.325 e. The van der Waals surface area contributed by atoms with E-state index in [1.807, 2.05) is 49.4 Å². The third-order valence-electron chi connectivity index (χ3n) is 7.11. The molecule has 0 bridgehead atoms. The van der Waals surface area contributed by atoms with Gasteiger partial charge in [-0.2, -0.15) is 0 Å². The number of para-hydroxylation sites is 1. The number of hydrogen-bond acceptors (Lipinski definition) is 6. The number of nitro benzene ring substituents is 1. The van der Waals surface area contributed by atoms with Gasteiger partial charge in [-0.05, 0) is 72.7 Å². The Bertz CT molecular complexity index is 2000. The molecule has 9 nitrogen and oxygen atoms in total. The smallest absolute Gasteiger partial charge is 0.276 e. The van der Waals surface area contributed by atoms with Gasteiger partial charge in [-0.15, -0.1) is 11.8 Å². The van der Waals surface area contributed by atoms with Crippen LogP contribution in [0.2, 0.25) is 5.02 Å². The molecule has 0 radical (unpaired) electrons. The van der Waals surface area contributed by atoms with Crippen LogP contribution in [0.1, 0.15) is 32.3 Å². The maximum absolute atomic E-state index is 13.7. The highest BCUT2D eigenvalue weighted by Crippen LogP contribution is 2.37. The molecule has 0 spiro atoms. The predicted molar refractivity (Wildman–Crippen MR) is 190 cm³/mol. The van der Waals surface area contributed by atoms with Crippen LogP contribution in [0.5, 0.6) is 0 Å². The van der Waals surface area contributed by atoms with E-state index in [1.54, 1.807) is 66.7 Å². The van der Waals surface area contributed by atoms with E-state index in [9.17, 15) is 24.5 Å². The van der Waals surface area contributed by atoms with Crippen molar-refractivity contribution in [1.82, 2.24) is 5.32 Å². The van der Waals surface area contributed by atoms with Gasteiger partial charge in [0.2, 0.25) is 5.91 Å². The molecule has 0 aromatic heterocycles. The molecular formula is C37H29ClN4O5S. The number of anilines is 2. The minimum atomic E-state index is -0.701. The van der Waals surface area contributed by atoms with Crippen LogP contribution in [0, 0.1) is 17.0 Å². The molecule has 3 N–H and O–H groups in total. The summed E-state index contributed by atoms with van der Waals surface area (Å²) in [6, 6.07) is 35.7. The summed E-state index contributed by atoms with van der Waals surface area (Å²) < 4.78 is 0. The van der Waals surface area contributed by atoms with E-state index in [4.69, 9.17) is 11.6 Å². The Labute approximate surface area is 286 Å². The first-order chi connectivity index (χ1) is 23.2. The molecular weight excluding hydrogens is 648 g/mol. The summed E-state index contributed by atoms with van der Waals surface area (Å²) in [6.45, 7) is 1.88. The third kappa shape index (κ3) is 8.75. The maximum Gasteiger partial charge on any atom is 0.276 e. The maximum atomic E-state index is 13.7. The number of amides is 3. The Hall–Kier alpha value is -5.71. The lowest BCUT2D eigenvalue weighted by Gasteiger charge is -2.19. The molecule has 1 atom stereocenters. The second kappa shape index (κ2) is 15.7. The fourth-order valence-corrected chi connectivity index (χ4v) is 5.94. The minimum absolute atomic E-state index is 0.136. The van der Waals surface area contributed by atoms with Crippen molar-refractivity contribution in [1.29, 1.82) is 0 Å². The fourth-order valence-electron chi connectivity index (χ4n) is 4.68. The lowest BCUT2D eigenvalue weighted by atomic mass is 10.1. The molecule has 0 fully saturated rings. The molecule has 3 amide bonds. The van der Waals surface area contributed by atoms with Gasteiger partial charge < -0.3 is 16.0 Å². The Balaban J connectivity index is 1.41. The number of halogens is 1. The second-order valence-corrected chi connectivity index (χ2v) is 12.1. The zero-order valence-corrected chi connectivity index (χ0v) is 27.1.